The Labute approximate surface area is 107 Å². The summed E-state index contributed by atoms with van der Waals surface area (Å²) in [6, 6.07) is 8.93. The zero-order valence-corrected chi connectivity index (χ0v) is 10.3. The number of nitriles is 1. The third-order valence-electron chi connectivity index (χ3n) is 2.10. The molecule has 1 aromatic heterocycles. The van der Waals surface area contributed by atoms with Gasteiger partial charge in [0, 0.05) is 16.1 Å². The number of halogens is 2. The molecule has 0 aliphatic carbocycles. The van der Waals surface area contributed by atoms with E-state index in [0.717, 1.165) is 10.4 Å². The maximum Gasteiger partial charge on any atom is 0.101 e. The van der Waals surface area contributed by atoms with E-state index < -0.39 is 0 Å². The molecule has 0 aliphatic heterocycles. The topological polar surface area (TPSA) is 49.8 Å². The van der Waals surface area contributed by atoms with Crippen LogP contribution in [0.15, 0.2) is 24.3 Å². The van der Waals surface area contributed by atoms with Crippen LogP contribution in [0, 0.1) is 11.3 Å². The third-order valence-corrected chi connectivity index (χ3v) is 3.68. The van der Waals surface area contributed by atoms with E-state index in [1.807, 2.05) is 12.1 Å². The molecule has 1 heterocycles. The van der Waals surface area contributed by atoms with Crippen LogP contribution in [0.3, 0.4) is 0 Å². The number of hydrogen-bond acceptors (Lipinski definition) is 3. The number of thiophene rings is 1. The molecule has 80 valence electrons. The average molecular weight is 269 g/mol. The monoisotopic (exact) mass is 268 g/mol. The van der Waals surface area contributed by atoms with Gasteiger partial charge in [0.25, 0.3) is 0 Å². The van der Waals surface area contributed by atoms with Gasteiger partial charge in [0.2, 0.25) is 0 Å². The second-order valence-electron chi connectivity index (χ2n) is 3.13. The lowest BCUT2D eigenvalue weighted by Gasteiger charge is -2.05. The molecule has 2 rings (SSSR count). The molecule has 0 saturated carbocycles. The van der Waals surface area contributed by atoms with E-state index in [4.69, 9.17) is 34.2 Å². The van der Waals surface area contributed by atoms with Crippen LogP contribution in [-0.4, -0.2) is 0 Å². The minimum atomic E-state index is 0.380. The average Bonchev–Trinajstić information content (AvgIpc) is 2.67. The molecular weight excluding hydrogens is 263 g/mol. The lowest BCUT2D eigenvalue weighted by Crippen LogP contribution is -1.91. The highest BCUT2D eigenvalue weighted by molar-refractivity contribution is 7.19. The van der Waals surface area contributed by atoms with Crippen molar-refractivity contribution in [2.45, 2.75) is 0 Å². The maximum atomic E-state index is 8.80. The van der Waals surface area contributed by atoms with Crippen LogP contribution in [0.2, 0.25) is 9.36 Å². The molecule has 0 amide bonds. The highest BCUT2D eigenvalue weighted by Crippen LogP contribution is 2.36. The van der Waals surface area contributed by atoms with Crippen molar-refractivity contribution in [1.29, 1.82) is 5.26 Å². The van der Waals surface area contributed by atoms with Crippen LogP contribution in [0.4, 0.5) is 5.69 Å². The van der Waals surface area contributed by atoms with Gasteiger partial charge < -0.3 is 5.73 Å². The van der Waals surface area contributed by atoms with Crippen LogP contribution in [0.5, 0.6) is 0 Å². The number of nitrogens with zero attached hydrogens (tertiary/aromatic N) is 1. The number of rotatable bonds is 1. The second-order valence-corrected chi connectivity index (χ2v) is 5.26. The van der Waals surface area contributed by atoms with Gasteiger partial charge in [0.15, 0.2) is 0 Å². The predicted molar refractivity (Wildman–Crippen MR) is 68.9 cm³/mol. The summed E-state index contributed by atoms with van der Waals surface area (Å²) < 4.78 is 0.690. The van der Waals surface area contributed by atoms with Gasteiger partial charge in [-0.2, -0.15) is 5.26 Å². The minimum Gasteiger partial charge on any atom is -0.398 e. The Morgan fingerprint density at radius 2 is 2.00 bits per heavy atom. The van der Waals surface area contributed by atoms with Crippen LogP contribution in [0.25, 0.3) is 10.4 Å². The summed E-state index contributed by atoms with van der Waals surface area (Å²) in [5.41, 5.74) is 7.57. The standard InChI is InChI=1S/C11H6Cl2N2S/c12-8-4-7(9(15)3-6(8)5-14)10-1-2-11(13)16-10/h1-4H,15H2. The molecule has 0 aliphatic rings. The molecule has 16 heavy (non-hydrogen) atoms. The van der Waals surface area contributed by atoms with E-state index in [9.17, 15) is 0 Å². The fraction of sp³-hybridized carbons (Fsp3) is 0. The van der Waals surface area contributed by atoms with Crippen molar-refractivity contribution < 1.29 is 0 Å². The Balaban J connectivity index is 2.59. The molecule has 0 radical (unpaired) electrons. The number of nitrogens with two attached hydrogens (primary N) is 1. The Hall–Kier alpha value is -1.21. The fourth-order valence-electron chi connectivity index (χ4n) is 1.35. The van der Waals surface area contributed by atoms with E-state index in [2.05, 4.69) is 0 Å². The minimum absolute atomic E-state index is 0.380. The number of anilines is 1. The van der Waals surface area contributed by atoms with Crippen molar-refractivity contribution in [3.8, 4) is 16.5 Å². The summed E-state index contributed by atoms with van der Waals surface area (Å²) in [5.74, 6) is 0. The highest BCUT2D eigenvalue weighted by atomic mass is 35.5. The van der Waals surface area contributed by atoms with Crippen molar-refractivity contribution in [2.24, 2.45) is 0 Å². The largest absolute Gasteiger partial charge is 0.398 e. The van der Waals surface area contributed by atoms with Gasteiger partial charge in [-0.3, -0.25) is 0 Å². The summed E-state index contributed by atoms with van der Waals surface area (Å²) in [6.07, 6.45) is 0. The van der Waals surface area contributed by atoms with Crippen LogP contribution >= 0.6 is 34.5 Å². The molecule has 1 aromatic carbocycles. The third kappa shape index (κ3) is 2.00. The summed E-state index contributed by atoms with van der Waals surface area (Å²) in [6.45, 7) is 0. The Bertz CT molecular complexity index is 584. The Kier molecular flexibility index (Phi) is 3.06. The molecule has 0 saturated heterocycles. The van der Waals surface area contributed by atoms with Crippen LogP contribution in [0.1, 0.15) is 5.56 Å². The summed E-state index contributed by atoms with van der Waals surface area (Å²) in [7, 11) is 0. The van der Waals surface area contributed by atoms with Gasteiger partial charge in [-0.25, -0.2) is 0 Å². The van der Waals surface area contributed by atoms with Crippen molar-refractivity contribution in [3.63, 3.8) is 0 Å². The van der Waals surface area contributed by atoms with Gasteiger partial charge in [-0.1, -0.05) is 23.2 Å². The zero-order valence-electron chi connectivity index (χ0n) is 8.00. The molecule has 2 nitrogen and oxygen atoms in total. The lowest BCUT2D eigenvalue weighted by atomic mass is 10.1. The Morgan fingerprint density at radius 3 is 2.56 bits per heavy atom. The molecule has 0 bridgehead atoms. The summed E-state index contributed by atoms with van der Waals surface area (Å²) in [5, 5.41) is 9.20. The van der Waals surface area contributed by atoms with Gasteiger partial charge >= 0.3 is 0 Å². The first-order valence-corrected chi connectivity index (χ1v) is 5.94. The zero-order chi connectivity index (χ0) is 11.7. The maximum absolute atomic E-state index is 8.80. The normalized spacial score (nSPS) is 10.1. The predicted octanol–water partition coefficient (Wildman–Crippen LogP) is 4.18. The molecule has 0 fully saturated rings. The molecular formula is C11H6Cl2N2S. The van der Waals surface area contributed by atoms with Crippen LogP contribution in [-0.2, 0) is 0 Å². The van der Waals surface area contributed by atoms with E-state index >= 15 is 0 Å². The molecule has 0 atom stereocenters. The first-order valence-electron chi connectivity index (χ1n) is 4.36. The SMILES string of the molecule is N#Cc1cc(N)c(-c2ccc(Cl)s2)cc1Cl. The van der Waals surface area contributed by atoms with Gasteiger partial charge in [-0.05, 0) is 24.3 Å². The second kappa shape index (κ2) is 4.34. The summed E-state index contributed by atoms with van der Waals surface area (Å²) in [4.78, 5) is 0.939. The molecule has 2 N–H and O–H groups in total. The van der Waals surface area contributed by atoms with Crippen molar-refractivity contribution >= 4 is 40.2 Å². The molecule has 0 spiro atoms. The molecule has 0 unspecified atom stereocenters. The highest BCUT2D eigenvalue weighted by Gasteiger charge is 2.09. The van der Waals surface area contributed by atoms with Gasteiger partial charge in [-0.15, -0.1) is 11.3 Å². The first kappa shape index (κ1) is 11.3. The smallest absolute Gasteiger partial charge is 0.101 e. The number of hydrogen-bond donors (Lipinski definition) is 1. The van der Waals surface area contributed by atoms with Crippen molar-refractivity contribution in [3.05, 3.63) is 39.2 Å². The molecule has 2 aromatic rings. The van der Waals surface area contributed by atoms with Crippen molar-refractivity contribution in [2.75, 3.05) is 5.73 Å². The number of nitrogen functional groups attached to an aromatic ring is 1. The summed E-state index contributed by atoms with van der Waals surface area (Å²) >= 11 is 13.2. The number of benzene rings is 1. The quantitative estimate of drug-likeness (QED) is 0.789. The van der Waals surface area contributed by atoms with E-state index in [0.29, 0.717) is 20.6 Å². The van der Waals surface area contributed by atoms with Crippen molar-refractivity contribution in [1.82, 2.24) is 0 Å². The van der Waals surface area contributed by atoms with Gasteiger partial charge in [0.1, 0.15) is 6.07 Å². The Morgan fingerprint density at radius 1 is 1.25 bits per heavy atom. The van der Waals surface area contributed by atoms with E-state index in [-0.39, 0.29) is 0 Å². The van der Waals surface area contributed by atoms with Gasteiger partial charge in [0.05, 0.1) is 14.9 Å². The van der Waals surface area contributed by atoms with Crippen LogP contribution < -0.4 is 5.73 Å². The first-order chi connectivity index (χ1) is 7.61. The molecule has 5 heteroatoms. The van der Waals surface area contributed by atoms with E-state index in [1.165, 1.54) is 11.3 Å². The fourth-order valence-corrected chi connectivity index (χ4v) is 2.64. The lowest BCUT2D eigenvalue weighted by molar-refractivity contribution is 1.48. The van der Waals surface area contributed by atoms with E-state index in [1.54, 1.807) is 18.2 Å².